The molecule has 0 aliphatic rings. The summed E-state index contributed by atoms with van der Waals surface area (Å²) in [6.45, 7) is 1.87. The van der Waals surface area contributed by atoms with E-state index in [2.05, 4.69) is 5.32 Å². The highest BCUT2D eigenvalue weighted by Crippen LogP contribution is 2.03. The Balaban J connectivity index is 2.54. The predicted molar refractivity (Wildman–Crippen MR) is 72.6 cm³/mol. The molecule has 0 radical (unpaired) electrons. The van der Waals surface area contributed by atoms with Crippen molar-refractivity contribution in [3.05, 3.63) is 35.9 Å². The lowest BCUT2D eigenvalue weighted by Gasteiger charge is -2.17. The van der Waals surface area contributed by atoms with E-state index in [1.165, 1.54) is 0 Å². The predicted octanol–water partition coefficient (Wildman–Crippen LogP) is 0.926. The number of nitrogens with one attached hydrogen (secondary N) is 1. The maximum absolute atomic E-state index is 11.8. The van der Waals surface area contributed by atoms with Gasteiger partial charge in [-0.15, -0.1) is 0 Å². The van der Waals surface area contributed by atoms with E-state index in [1.54, 1.807) is 0 Å². The van der Waals surface area contributed by atoms with Crippen molar-refractivity contribution in [2.24, 2.45) is 5.73 Å². The molecule has 19 heavy (non-hydrogen) atoms. The number of carboxylic acid groups (broad SMARTS) is 1. The SMILES string of the molecule is CCC[C@@H](NC(=O)[C@@H](N)Cc1ccccc1)C(=O)O. The minimum absolute atomic E-state index is 0.394. The second-order valence-corrected chi connectivity index (χ2v) is 4.48. The van der Waals surface area contributed by atoms with Crippen LogP contribution >= 0.6 is 0 Å². The van der Waals surface area contributed by atoms with Crippen LogP contribution in [0.3, 0.4) is 0 Å². The summed E-state index contributed by atoms with van der Waals surface area (Å²) in [5.74, 6) is -1.45. The Morgan fingerprint density at radius 3 is 2.47 bits per heavy atom. The molecule has 4 N–H and O–H groups in total. The van der Waals surface area contributed by atoms with E-state index in [0.29, 0.717) is 19.3 Å². The van der Waals surface area contributed by atoms with Crippen LogP contribution in [0.2, 0.25) is 0 Å². The van der Waals surface area contributed by atoms with Crippen molar-refractivity contribution >= 4 is 11.9 Å². The maximum Gasteiger partial charge on any atom is 0.326 e. The molecular formula is C14H20N2O3. The van der Waals surface area contributed by atoms with Crippen molar-refractivity contribution in [2.75, 3.05) is 0 Å². The Bertz CT molecular complexity index is 420. The summed E-state index contributed by atoms with van der Waals surface area (Å²) in [6, 6.07) is 7.80. The van der Waals surface area contributed by atoms with Gasteiger partial charge in [0.1, 0.15) is 6.04 Å². The van der Waals surface area contributed by atoms with Crippen LogP contribution in [0, 0.1) is 0 Å². The molecule has 0 fully saturated rings. The lowest BCUT2D eigenvalue weighted by molar-refractivity contribution is -0.142. The van der Waals surface area contributed by atoms with Gasteiger partial charge in [0.2, 0.25) is 5.91 Å². The van der Waals surface area contributed by atoms with Crippen LogP contribution in [-0.2, 0) is 16.0 Å². The standard InChI is InChI=1S/C14H20N2O3/c1-2-6-12(14(18)19)16-13(17)11(15)9-10-7-4-3-5-8-10/h3-5,7-8,11-12H,2,6,9,15H2,1H3,(H,16,17)(H,18,19)/t11-,12+/m0/s1. The molecule has 0 aliphatic heterocycles. The second-order valence-electron chi connectivity index (χ2n) is 4.48. The molecule has 0 spiro atoms. The Morgan fingerprint density at radius 1 is 1.32 bits per heavy atom. The smallest absolute Gasteiger partial charge is 0.326 e. The third-order valence-corrected chi connectivity index (χ3v) is 2.83. The lowest BCUT2D eigenvalue weighted by Crippen LogP contribution is -2.49. The van der Waals surface area contributed by atoms with Gasteiger partial charge in [-0.25, -0.2) is 4.79 Å². The van der Waals surface area contributed by atoms with Gasteiger partial charge in [-0.3, -0.25) is 4.79 Å². The van der Waals surface area contributed by atoms with Gasteiger partial charge in [0.25, 0.3) is 0 Å². The monoisotopic (exact) mass is 264 g/mol. The summed E-state index contributed by atoms with van der Waals surface area (Å²) in [5.41, 5.74) is 6.74. The Kier molecular flexibility index (Phi) is 6.02. The average Bonchev–Trinajstić information content (AvgIpc) is 2.39. The number of carboxylic acids is 1. The topological polar surface area (TPSA) is 92.4 Å². The number of amides is 1. The maximum atomic E-state index is 11.8. The van der Waals surface area contributed by atoms with Gasteiger partial charge in [0, 0.05) is 0 Å². The fourth-order valence-electron chi connectivity index (χ4n) is 1.79. The van der Waals surface area contributed by atoms with Crippen LogP contribution in [0.5, 0.6) is 0 Å². The molecule has 0 aliphatic carbocycles. The zero-order chi connectivity index (χ0) is 14.3. The molecule has 5 nitrogen and oxygen atoms in total. The molecule has 1 rings (SSSR count). The number of benzene rings is 1. The molecule has 5 heteroatoms. The number of hydrogen-bond acceptors (Lipinski definition) is 3. The summed E-state index contributed by atoms with van der Waals surface area (Å²) in [5, 5.41) is 11.4. The van der Waals surface area contributed by atoms with Crippen molar-refractivity contribution < 1.29 is 14.7 Å². The number of carbonyl (C=O) groups excluding carboxylic acids is 1. The van der Waals surface area contributed by atoms with Crippen molar-refractivity contribution in [1.29, 1.82) is 0 Å². The van der Waals surface area contributed by atoms with Gasteiger partial charge in [0.05, 0.1) is 6.04 Å². The number of rotatable bonds is 7. The summed E-state index contributed by atoms with van der Waals surface area (Å²) in [7, 11) is 0. The minimum atomic E-state index is -1.03. The Morgan fingerprint density at radius 2 is 1.95 bits per heavy atom. The summed E-state index contributed by atoms with van der Waals surface area (Å²) in [4.78, 5) is 22.8. The first kappa shape index (κ1) is 15.2. The average molecular weight is 264 g/mol. The number of nitrogens with two attached hydrogens (primary N) is 1. The van der Waals surface area contributed by atoms with E-state index in [-0.39, 0.29) is 0 Å². The molecule has 0 saturated carbocycles. The van der Waals surface area contributed by atoms with Gasteiger partial charge in [-0.2, -0.15) is 0 Å². The van der Waals surface area contributed by atoms with E-state index in [9.17, 15) is 9.59 Å². The third-order valence-electron chi connectivity index (χ3n) is 2.83. The molecule has 0 aromatic heterocycles. The molecule has 104 valence electrons. The normalized spacial score (nSPS) is 13.6. The first-order chi connectivity index (χ1) is 9.04. The van der Waals surface area contributed by atoms with Gasteiger partial charge in [-0.1, -0.05) is 43.7 Å². The molecule has 2 atom stereocenters. The first-order valence-corrected chi connectivity index (χ1v) is 6.37. The van der Waals surface area contributed by atoms with E-state index < -0.39 is 24.0 Å². The number of aliphatic carboxylic acids is 1. The number of carbonyl (C=O) groups is 2. The van der Waals surface area contributed by atoms with Gasteiger partial charge < -0.3 is 16.2 Å². The van der Waals surface area contributed by atoms with Gasteiger partial charge in [0.15, 0.2) is 0 Å². The zero-order valence-corrected chi connectivity index (χ0v) is 11.0. The summed E-state index contributed by atoms with van der Waals surface area (Å²) >= 11 is 0. The highest BCUT2D eigenvalue weighted by Gasteiger charge is 2.22. The van der Waals surface area contributed by atoms with Crippen LogP contribution in [0.1, 0.15) is 25.3 Å². The Labute approximate surface area is 112 Å². The van der Waals surface area contributed by atoms with Crippen LogP contribution in [0.15, 0.2) is 30.3 Å². The van der Waals surface area contributed by atoms with E-state index in [1.807, 2.05) is 37.3 Å². The van der Waals surface area contributed by atoms with Crippen LogP contribution < -0.4 is 11.1 Å². The third kappa shape index (κ3) is 5.09. The zero-order valence-electron chi connectivity index (χ0n) is 11.0. The van der Waals surface area contributed by atoms with E-state index in [0.717, 1.165) is 5.56 Å². The molecule has 0 heterocycles. The minimum Gasteiger partial charge on any atom is -0.480 e. The second kappa shape index (κ2) is 7.53. The summed E-state index contributed by atoms with van der Waals surface area (Å²) < 4.78 is 0. The van der Waals surface area contributed by atoms with E-state index >= 15 is 0 Å². The molecule has 1 aromatic rings. The van der Waals surface area contributed by atoms with Crippen molar-refractivity contribution in [2.45, 2.75) is 38.3 Å². The van der Waals surface area contributed by atoms with Crippen LogP contribution in [0.25, 0.3) is 0 Å². The first-order valence-electron chi connectivity index (χ1n) is 6.37. The van der Waals surface area contributed by atoms with Crippen molar-refractivity contribution in [3.63, 3.8) is 0 Å². The molecular weight excluding hydrogens is 244 g/mol. The van der Waals surface area contributed by atoms with E-state index in [4.69, 9.17) is 10.8 Å². The molecule has 0 bridgehead atoms. The quantitative estimate of drug-likeness (QED) is 0.683. The largest absolute Gasteiger partial charge is 0.480 e. The van der Waals surface area contributed by atoms with Crippen molar-refractivity contribution in [3.8, 4) is 0 Å². The Hall–Kier alpha value is -1.88. The molecule has 1 amide bonds. The van der Waals surface area contributed by atoms with Crippen molar-refractivity contribution in [1.82, 2.24) is 5.32 Å². The molecule has 0 unspecified atom stereocenters. The van der Waals surface area contributed by atoms with Gasteiger partial charge >= 0.3 is 5.97 Å². The molecule has 0 saturated heterocycles. The number of hydrogen-bond donors (Lipinski definition) is 3. The lowest BCUT2D eigenvalue weighted by atomic mass is 10.1. The highest BCUT2D eigenvalue weighted by molar-refractivity contribution is 5.86. The van der Waals surface area contributed by atoms with Gasteiger partial charge in [-0.05, 0) is 18.4 Å². The highest BCUT2D eigenvalue weighted by atomic mass is 16.4. The fourth-order valence-corrected chi connectivity index (χ4v) is 1.79. The molecule has 1 aromatic carbocycles. The fraction of sp³-hybridized carbons (Fsp3) is 0.429. The van der Waals surface area contributed by atoms with Crippen LogP contribution in [-0.4, -0.2) is 29.1 Å². The summed E-state index contributed by atoms with van der Waals surface area (Å²) in [6.07, 6.45) is 1.48. The van der Waals surface area contributed by atoms with Crippen LogP contribution in [0.4, 0.5) is 0 Å².